The molecule has 0 saturated heterocycles. The summed E-state index contributed by atoms with van der Waals surface area (Å²) in [7, 11) is 0. The van der Waals surface area contributed by atoms with Gasteiger partial charge in [0, 0.05) is 18.2 Å². The van der Waals surface area contributed by atoms with Crippen molar-refractivity contribution in [3.8, 4) is 11.5 Å². The summed E-state index contributed by atoms with van der Waals surface area (Å²) in [6, 6.07) is 9.89. The maximum atomic E-state index is 6.34. The van der Waals surface area contributed by atoms with Crippen LogP contribution in [0, 0.1) is 0 Å². The average Bonchev–Trinajstić information content (AvgIpc) is 2.87. The molecule has 2 aromatic heterocycles. The molecule has 0 spiro atoms. The minimum absolute atomic E-state index is 0.617. The summed E-state index contributed by atoms with van der Waals surface area (Å²) in [5.41, 5.74) is 2.01. The van der Waals surface area contributed by atoms with Crippen LogP contribution in [-0.2, 0) is 13.0 Å². The summed E-state index contributed by atoms with van der Waals surface area (Å²) in [5, 5.41) is 11.3. The van der Waals surface area contributed by atoms with Crippen molar-refractivity contribution < 1.29 is 14.8 Å². The van der Waals surface area contributed by atoms with Crippen LogP contribution in [0.1, 0.15) is 17.8 Å². The SMILES string of the molecule is Clc1cc(C[NH2+]CCc2nnc3ccccn23)cc2c1OCCCO2. The monoisotopic (exact) mass is 359 g/mol. The Kier molecular flexibility index (Phi) is 4.72. The number of rotatable bonds is 5. The van der Waals surface area contributed by atoms with E-state index in [0.717, 1.165) is 48.7 Å². The van der Waals surface area contributed by atoms with Gasteiger partial charge in [-0.1, -0.05) is 17.7 Å². The van der Waals surface area contributed by atoms with Crippen LogP contribution in [0.2, 0.25) is 5.02 Å². The molecule has 130 valence electrons. The summed E-state index contributed by atoms with van der Waals surface area (Å²) in [5.74, 6) is 2.39. The van der Waals surface area contributed by atoms with Gasteiger partial charge < -0.3 is 14.8 Å². The Morgan fingerprint density at radius 1 is 1.16 bits per heavy atom. The average molecular weight is 360 g/mol. The minimum Gasteiger partial charge on any atom is -0.489 e. The third kappa shape index (κ3) is 3.55. The van der Waals surface area contributed by atoms with E-state index in [-0.39, 0.29) is 0 Å². The molecule has 25 heavy (non-hydrogen) atoms. The fourth-order valence-corrected chi connectivity index (χ4v) is 3.25. The number of fused-ring (bicyclic) bond motifs is 2. The Morgan fingerprint density at radius 3 is 3.04 bits per heavy atom. The smallest absolute Gasteiger partial charge is 0.179 e. The van der Waals surface area contributed by atoms with Crippen molar-refractivity contribution in [1.29, 1.82) is 0 Å². The molecule has 0 unspecified atom stereocenters. The molecule has 3 heterocycles. The first-order valence-corrected chi connectivity index (χ1v) is 8.87. The molecule has 4 rings (SSSR count). The van der Waals surface area contributed by atoms with Gasteiger partial charge in [0.2, 0.25) is 0 Å². The third-order valence-electron chi connectivity index (χ3n) is 4.20. The van der Waals surface area contributed by atoms with Gasteiger partial charge in [-0.15, -0.1) is 10.2 Å². The van der Waals surface area contributed by atoms with Gasteiger partial charge in [-0.3, -0.25) is 4.40 Å². The van der Waals surface area contributed by atoms with Crippen molar-refractivity contribution in [1.82, 2.24) is 14.6 Å². The second-order valence-corrected chi connectivity index (χ2v) is 6.44. The Labute approximate surface area is 150 Å². The molecular formula is C18H20ClN4O2+. The van der Waals surface area contributed by atoms with E-state index in [2.05, 4.69) is 15.5 Å². The highest BCUT2D eigenvalue weighted by molar-refractivity contribution is 6.32. The lowest BCUT2D eigenvalue weighted by molar-refractivity contribution is -0.670. The fraction of sp³-hybridized carbons (Fsp3) is 0.333. The second kappa shape index (κ2) is 7.29. The van der Waals surface area contributed by atoms with Crippen molar-refractivity contribution >= 4 is 17.2 Å². The Hall–Kier alpha value is -2.31. The van der Waals surface area contributed by atoms with Crippen LogP contribution >= 0.6 is 11.6 Å². The number of hydrogen-bond donors (Lipinski definition) is 1. The predicted octanol–water partition coefficient (Wildman–Crippen LogP) is 1.85. The number of ether oxygens (including phenoxy) is 2. The molecule has 0 aliphatic carbocycles. The molecule has 1 aliphatic heterocycles. The molecule has 7 heteroatoms. The zero-order valence-corrected chi connectivity index (χ0v) is 14.6. The summed E-state index contributed by atoms with van der Waals surface area (Å²) in [6.45, 7) is 3.05. The van der Waals surface area contributed by atoms with E-state index in [1.807, 2.05) is 40.9 Å². The summed E-state index contributed by atoms with van der Waals surface area (Å²) in [6.07, 6.45) is 3.72. The highest BCUT2D eigenvalue weighted by Crippen LogP contribution is 2.37. The number of nitrogens with two attached hydrogens (primary N) is 1. The van der Waals surface area contributed by atoms with Crippen LogP contribution in [0.5, 0.6) is 11.5 Å². The van der Waals surface area contributed by atoms with E-state index in [1.165, 1.54) is 0 Å². The van der Waals surface area contributed by atoms with E-state index >= 15 is 0 Å². The number of quaternary nitrogens is 1. The predicted molar refractivity (Wildman–Crippen MR) is 94.2 cm³/mol. The van der Waals surface area contributed by atoms with Crippen LogP contribution in [0.3, 0.4) is 0 Å². The van der Waals surface area contributed by atoms with Gasteiger partial charge in [0.1, 0.15) is 12.4 Å². The highest BCUT2D eigenvalue weighted by atomic mass is 35.5. The zero-order chi connectivity index (χ0) is 17.1. The number of nitrogens with zero attached hydrogens (tertiary/aromatic N) is 3. The van der Waals surface area contributed by atoms with Crippen LogP contribution in [-0.4, -0.2) is 34.4 Å². The van der Waals surface area contributed by atoms with Gasteiger partial charge in [0.05, 0.1) is 31.2 Å². The first-order valence-electron chi connectivity index (χ1n) is 8.49. The normalized spacial score (nSPS) is 13.8. The topological polar surface area (TPSA) is 65.3 Å². The number of benzene rings is 1. The number of pyridine rings is 1. The maximum Gasteiger partial charge on any atom is 0.179 e. The number of aromatic nitrogens is 3. The molecule has 2 N–H and O–H groups in total. The van der Waals surface area contributed by atoms with E-state index in [1.54, 1.807) is 0 Å². The van der Waals surface area contributed by atoms with Crippen molar-refractivity contribution in [3.05, 3.63) is 52.9 Å². The van der Waals surface area contributed by atoms with Crippen molar-refractivity contribution in [3.63, 3.8) is 0 Å². The van der Waals surface area contributed by atoms with Crippen molar-refractivity contribution in [2.45, 2.75) is 19.4 Å². The third-order valence-corrected chi connectivity index (χ3v) is 4.48. The zero-order valence-electron chi connectivity index (χ0n) is 13.8. The lowest BCUT2D eigenvalue weighted by Gasteiger charge is -2.11. The first-order chi connectivity index (χ1) is 12.3. The summed E-state index contributed by atoms with van der Waals surface area (Å²) < 4.78 is 13.4. The molecule has 3 aromatic rings. The molecule has 6 nitrogen and oxygen atoms in total. The highest BCUT2D eigenvalue weighted by Gasteiger charge is 2.16. The van der Waals surface area contributed by atoms with Gasteiger partial charge in [0.25, 0.3) is 0 Å². The second-order valence-electron chi connectivity index (χ2n) is 6.03. The fourth-order valence-electron chi connectivity index (χ4n) is 2.96. The molecule has 1 aromatic carbocycles. The lowest BCUT2D eigenvalue weighted by atomic mass is 10.2. The molecular weight excluding hydrogens is 340 g/mol. The standard InChI is InChI=1S/C18H19ClN4O2/c19-14-10-13(11-15-18(14)25-9-3-8-24-15)12-20-6-5-17-22-21-16-4-1-2-7-23(16)17/h1-2,4,7,10-11,20H,3,5-6,8-9,12H2/p+1. The van der Waals surface area contributed by atoms with Gasteiger partial charge in [-0.05, 0) is 24.3 Å². The van der Waals surface area contributed by atoms with Crippen LogP contribution in [0.15, 0.2) is 36.5 Å². The lowest BCUT2D eigenvalue weighted by Crippen LogP contribution is -2.83. The van der Waals surface area contributed by atoms with E-state index in [4.69, 9.17) is 21.1 Å². The number of hydrogen-bond acceptors (Lipinski definition) is 4. The quantitative estimate of drug-likeness (QED) is 0.706. The molecule has 0 saturated carbocycles. The molecule has 0 amide bonds. The summed E-state index contributed by atoms with van der Waals surface area (Å²) >= 11 is 6.34. The minimum atomic E-state index is 0.617. The van der Waals surface area contributed by atoms with Gasteiger partial charge in [0.15, 0.2) is 17.1 Å². The van der Waals surface area contributed by atoms with E-state index in [9.17, 15) is 0 Å². The first kappa shape index (κ1) is 16.2. The molecule has 0 atom stereocenters. The Bertz CT molecular complexity index is 881. The molecule has 1 aliphatic rings. The van der Waals surface area contributed by atoms with Crippen molar-refractivity contribution in [2.24, 2.45) is 0 Å². The Balaban J connectivity index is 1.37. The largest absolute Gasteiger partial charge is 0.489 e. The summed E-state index contributed by atoms with van der Waals surface area (Å²) in [4.78, 5) is 0. The molecule has 0 bridgehead atoms. The van der Waals surface area contributed by atoms with Crippen molar-refractivity contribution in [2.75, 3.05) is 19.8 Å². The Morgan fingerprint density at radius 2 is 2.08 bits per heavy atom. The molecule has 0 fully saturated rings. The maximum absolute atomic E-state index is 6.34. The van der Waals surface area contributed by atoms with Gasteiger partial charge in [-0.25, -0.2) is 0 Å². The van der Waals surface area contributed by atoms with Gasteiger partial charge in [-0.2, -0.15) is 0 Å². The van der Waals surface area contributed by atoms with Crippen LogP contribution in [0.4, 0.5) is 0 Å². The van der Waals surface area contributed by atoms with Crippen LogP contribution in [0.25, 0.3) is 5.65 Å². The van der Waals surface area contributed by atoms with Gasteiger partial charge >= 0.3 is 0 Å². The van der Waals surface area contributed by atoms with Crippen LogP contribution < -0.4 is 14.8 Å². The molecule has 0 radical (unpaired) electrons. The van der Waals surface area contributed by atoms with E-state index < -0.39 is 0 Å². The number of halogens is 1. The van der Waals surface area contributed by atoms with E-state index in [0.29, 0.717) is 24.0 Å².